The van der Waals surface area contributed by atoms with E-state index in [1.165, 1.54) is 0 Å². The molecule has 0 aromatic heterocycles. The average molecular weight is 161 g/mol. The second kappa shape index (κ2) is 8.89. The lowest BCUT2D eigenvalue weighted by atomic mass is 10.4. The average Bonchev–Trinajstić information content (AvgIpc) is 1.91. The summed E-state index contributed by atoms with van der Waals surface area (Å²) in [6.45, 7) is 10.2. The van der Waals surface area contributed by atoms with E-state index < -0.39 is 0 Å². The minimum Gasteiger partial charge on any atom is -0.377 e. The molecular formula is C8H19NS. The highest BCUT2D eigenvalue weighted by atomic mass is 32.1. The molecule has 1 nitrogen and oxygen atoms in total. The van der Waals surface area contributed by atoms with Crippen LogP contribution in [0.1, 0.15) is 41.0 Å². The fourth-order valence-corrected chi connectivity index (χ4v) is 0.660. The van der Waals surface area contributed by atoms with Crippen molar-refractivity contribution in [1.29, 1.82) is 0 Å². The number of hydrogen-bond donors (Lipinski definition) is 1. The van der Waals surface area contributed by atoms with Crippen LogP contribution in [0.5, 0.6) is 0 Å². The normalized spacial score (nSPS) is 8.20. The largest absolute Gasteiger partial charge is 0.377 e. The fourth-order valence-electron chi connectivity index (χ4n) is 0.424. The maximum atomic E-state index is 4.92. The molecule has 0 rings (SSSR count). The van der Waals surface area contributed by atoms with Gasteiger partial charge in [-0.15, -0.1) is 0 Å². The van der Waals surface area contributed by atoms with E-state index in [0.29, 0.717) is 6.04 Å². The molecule has 62 valence electrons. The standard InChI is InChI=1S/C6H13NS.C2H6/c1-4-6(8)7-5(2)3;1-2/h5H,4H2,1-3H3,(H,7,8);1-2H3. The zero-order valence-electron chi connectivity index (χ0n) is 7.69. The van der Waals surface area contributed by atoms with Crippen LogP contribution in [0, 0.1) is 0 Å². The number of nitrogens with one attached hydrogen (secondary N) is 1. The van der Waals surface area contributed by atoms with Gasteiger partial charge in [-0.2, -0.15) is 0 Å². The summed E-state index contributed by atoms with van der Waals surface area (Å²) in [5.41, 5.74) is 0. The third-order valence-electron chi connectivity index (χ3n) is 0.771. The highest BCUT2D eigenvalue weighted by Gasteiger charge is 1.92. The lowest BCUT2D eigenvalue weighted by Crippen LogP contribution is -2.27. The van der Waals surface area contributed by atoms with Gasteiger partial charge in [-0.1, -0.05) is 33.0 Å². The van der Waals surface area contributed by atoms with Crippen LogP contribution < -0.4 is 5.32 Å². The molecule has 0 radical (unpaired) electrons. The Bertz CT molecular complexity index is 79.3. The molecule has 0 bridgehead atoms. The fraction of sp³-hybridized carbons (Fsp3) is 0.875. The van der Waals surface area contributed by atoms with Crippen LogP contribution in [-0.4, -0.2) is 11.0 Å². The van der Waals surface area contributed by atoms with E-state index in [1.54, 1.807) is 0 Å². The molecule has 10 heavy (non-hydrogen) atoms. The summed E-state index contributed by atoms with van der Waals surface area (Å²) in [5, 5.41) is 3.12. The van der Waals surface area contributed by atoms with Crippen LogP contribution in [0.4, 0.5) is 0 Å². The molecule has 0 aromatic carbocycles. The van der Waals surface area contributed by atoms with Crippen molar-refractivity contribution in [2.24, 2.45) is 0 Å². The molecule has 0 heterocycles. The van der Waals surface area contributed by atoms with Gasteiger partial charge in [0.1, 0.15) is 0 Å². The van der Waals surface area contributed by atoms with Crippen LogP contribution in [0.25, 0.3) is 0 Å². The van der Waals surface area contributed by atoms with Crippen LogP contribution in [0.2, 0.25) is 0 Å². The van der Waals surface area contributed by atoms with Crippen molar-refractivity contribution >= 4 is 17.2 Å². The Kier molecular flexibility index (Phi) is 11.2. The summed E-state index contributed by atoms with van der Waals surface area (Å²) < 4.78 is 0. The van der Waals surface area contributed by atoms with E-state index >= 15 is 0 Å². The van der Waals surface area contributed by atoms with Gasteiger partial charge in [0.15, 0.2) is 0 Å². The quantitative estimate of drug-likeness (QED) is 0.625. The van der Waals surface area contributed by atoms with Gasteiger partial charge in [0.05, 0.1) is 4.99 Å². The maximum Gasteiger partial charge on any atom is 0.0752 e. The minimum atomic E-state index is 0.488. The SMILES string of the molecule is CC.CCC(=S)NC(C)C. The molecule has 0 unspecified atom stereocenters. The summed E-state index contributed by atoms with van der Waals surface area (Å²) >= 11 is 4.92. The van der Waals surface area contributed by atoms with Crippen LogP contribution in [0.3, 0.4) is 0 Å². The Morgan fingerprint density at radius 1 is 1.40 bits per heavy atom. The zero-order chi connectivity index (χ0) is 8.57. The summed E-state index contributed by atoms with van der Waals surface area (Å²) in [5.74, 6) is 0. The van der Waals surface area contributed by atoms with Crippen LogP contribution in [0.15, 0.2) is 0 Å². The first kappa shape index (κ1) is 12.6. The molecule has 1 N–H and O–H groups in total. The van der Waals surface area contributed by atoms with Gasteiger partial charge >= 0.3 is 0 Å². The zero-order valence-corrected chi connectivity index (χ0v) is 8.51. The Labute approximate surface area is 70.2 Å². The van der Waals surface area contributed by atoms with Gasteiger partial charge in [0, 0.05) is 6.04 Å². The van der Waals surface area contributed by atoms with Gasteiger partial charge in [0.2, 0.25) is 0 Å². The minimum absolute atomic E-state index is 0.488. The van der Waals surface area contributed by atoms with E-state index in [-0.39, 0.29) is 0 Å². The molecule has 0 atom stereocenters. The van der Waals surface area contributed by atoms with Crippen molar-refractivity contribution in [3.63, 3.8) is 0 Å². The summed E-state index contributed by atoms with van der Waals surface area (Å²) in [4.78, 5) is 0.958. The van der Waals surface area contributed by atoms with E-state index in [9.17, 15) is 0 Å². The van der Waals surface area contributed by atoms with Crippen molar-refractivity contribution < 1.29 is 0 Å². The van der Waals surface area contributed by atoms with E-state index in [2.05, 4.69) is 26.1 Å². The lowest BCUT2D eigenvalue weighted by molar-refractivity contribution is 0.732. The highest BCUT2D eigenvalue weighted by Crippen LogP contribution is 1.83. The molecule has 0 aliphatic rings. The predicted molar refractivity (Wildman–Crippen MR) is 52.5 cm³/mol. The summed E-state index contributed by atoms with van der Waals surface area (Å²) in [7, 11) is 0. The highest BCUT2D eigenvalue weighted by molar-refractivity contribution is 7.80. The smallest absolute Gasteiger partial charge is 0.0752 e. The van der Waals surface area contributed by atoms with Gasteiger partial charge < -0.3 is 5.32 Å². The molecule has 0 aromatic rings. The molecule has 0 aliphatic carbocycles. The van der Waals surface area contributed by atoms with Gasteiger partial charge in [-0.05, 0) is 20.3 Å². The van der Waals surface area contributed by atoms with Crippen molar-refractivity contribution in [3.05, 3.63) is 0 Å². The molecule has 0 saturated heterocycles. The molecule has 0 aliphatic heterocycles. The van der Waals surface area contributed by atoms with Gasteiger partial charge in [-0.3, -0.25) is 0 Å². The van der Waals surface area contributed by atoms with Crippen LogP contribution >= 0.6 is 12.2 Å². The van der Waals surface area contributed by atoms with Crippen molar-refractivity contribution in [1.82, 2.24) is 5.32 Å². The van der Waals surface area contributed by atoms with Crippen molar-refractivity contribution in [3.8, 4) is 0 Å². The van der Waals surface area contributed by atoms with Gasteiger partial charge in [0.25, 0.3) is 0 Å². The third-order valence-corrected chi connectivity index (χ3v) is 1.18. The molecule has 0 amide bonds. The molecule has 2 heteroatoms. The van der Waals surface area contributed by atoms with E-state index in [0.717, 1.165) is 11.4 Å². The maximum absolute atomic E-state index is 4.92. The number of rotatable bonds is 2. The monoisotopic (exact) mass is 161 g/mol. The molecular weight excluding hydrogens is 142 g/mol. The molecule has 0 saturated carbocycles. The Balaban J connectivity index is 0. The van der Waals surface area contributed by atoms with Crippen molar-refractivity contribution in [2.75, 3.05) is 0 Å². The lowest BCUT2D eigenvalue weighted by Gasteiger charge is -2.07. The summed E-state index contributed by atoms with van der Waals surface area (Å²) in [6, 6.07) is 0.488. The molecule has 0 spiro atoms. The Morgan fingerprint density at radius 2 is 1.80 bits per heavy atom. The first-order chi connectivity index (χ1) is 4.66. The number of thiocarbonyl (C=S) groups is 1. The summed E-state index contributed by atoms with van der Waals surface area (Å²) in [6.07, 6.45) is 0.952. The predicted octanol–water partition coefficient (Wildman–Crippen LogP) is 2.75. The number of hydrogen-bond acceptors (Lipinski definition) is 1. The first-order valence-corrected chi connectivity index (χ1v) is 4.37. The van der Waals surface area contributed by atoms with Gasteiger partial charge in [-0.25, -0.2) is 0 Å². The third kappa shape index (κ3) is 10.8. The van der Waals surface area contributed by atoms with Crippen molar-refractivity contribution in [2.45, 2.75) is 47.1 Å². The molecule has 0 fully saturated rings. The Morgan fingerprint density at radius 3 is 1.90 bits per heavy atom. The topological polar surface area (TPSA) is 12.0 Å². The van der Waals surface area contributed by atoms with E-state index in [4.69, 9.17) is 12.2 Å². The van der Waals surface area contributed by atoms with Crippen LogP contribution in [-0.2, 0) is 0 Å². The second-order valence-corrected chi connectivity index (χ2v) is 2.57. The second-order valence-electron chi connectivity index (χ2n) is 2.08. The Hall–Kier alpha value is -0.110. The first-order valence-electron chi connectivity index (χ1n) is 3.96. The van der Waals surface area contributed by atoms with E-state index in [1.807, 2.05) is 13.8 Å².